The number of aromatic nitrogens is 2. The van der Waals surface area contributed by atoms with Gasteiger partial charge in [0.15, 0.2) is 0 Å². The van der Waals surface area contributed by atoms with Gasteiger partial charge in [-0.1, -0.05) is 0 Å². The number of carbonyl (C=O) groups excluding carboxylic acids is 1. The van der Waals surface area contributed by atoms with Gasteiger partial charge in [-0.05, 0) is 37.8 Å². The Bertz CT molecular complexity index is 464. The second-order valence-electron chi connectivity index (χ2n) is 5.60. The van der Waals surface area contributed by atoms with Gasteiger partial charge < -0.3 is 15.0 Å². The third-order valence-electron chi connectivity index (χ3n) is 3.77. The van der Waals surface area contributed by atoms with Crippen LogP contribution in [0.1, 0.15) is 25.5 Å². The summed E-state index contributed by atoms with van der Waals surface area (Å²) >= 11 is 0. The van der Waals surface area contributed by atoms with Crippen LogP contribution in [0.5, 0.6) is 0 Å². The maximum atomic E-state index is 12.2. The molecule has 0 aromatic carbocycles. The molecule has 1 aromatic rings. The monoisotopic (exact) mass is 276 g/mol. The molecule has 2 fully saturated rings. The molecule has 2 aliphatic rings. The molecule has 2 atom stereocenters. The fourth-order valence-electron chi connectivity index (χ4n) is 2.59. The highest BCUT2D eigenvalue weighted by molar-refractivity contribution is 5.74. The van der Waals surface area contributed by atoms with Crippen LogP contribution in [0.3, 0.4) is 0 Å². The summed E-state index contributed by atoms with van der Waals surface area (Å²) < 4.78 is 5.91. The molecule has 6 heteroatoms. The summed E-state index contributed by atoms with van der Waals surface area (Å²) in [5, 5.41) is 10.6. The number of morpholine rings is 1. The smallest absolute Gasteiger partial charge is 0.317 e. The van der Waals surface area contributed by atoms with Crippen LogP contribution in [-0.4, -0.2) is 46.4 Å². The zero-order valence-electron chi connectivity index (χ0n) is 11.7. The largest absolute Gasteiger partial charge is 0.371 e. The Morgan fingerprint density at radius 3 is 3.05 bits per heavy atom. The molecule has 1 N–H and O–H groups in total. The van der Waals surface area contributed by atoms with E-state index in [0.29, 0.717) is 25.6 Å². The summed E-state index contributed by atoms with van der Waals surface area (Å²) in [4.78, 5) is 14.1. The third kappa shape index (κ3) is 3.25. The first-order valence-electron chi connectivity index (χ1n) is 7.17. The zero-order valence-corrected chi connectivity index (χ0v) is 11.7. The highest BCUT2D eigenvalue weighted by Gasteiger charge is 2.38. The normalized spacial score (nSPS) is 26.4. The molecule has 1 aliphatic carbocycles. The van der Waals surface area contributed by atoms with Gasteiger partial charge in [0.25, 0.3) is 0 Å². The number of carbonyl (C=O) groups is 1. The lowest BCUT2D eigenvalue weighted by atomic mass is 10.1. The standard InChI is InChI=1S/C14H20N4O2/c1-10-8-18(9-13(20-10)11-4-5-11)14(19)15-7-12-3-2-6-16-17-12/h2-3,6,10-11,13H,4-5,7-9H2,1H3,(H,15,19)/t10-,13+/m0/s1. The number of amides is 2. The van der Waals surface area contributed by atoms with Crippen molar-refractivity contribution in [3.8, 4) is 0 Å². The number of ether oxygens (including phenoxy) is 1. The topological polar surface area (TPSA) is 67.4 Å². The van der Waals surface area contributed by atoms with Crippen molar-refractivity contribution in [1.82, 2.24) is 20.4 Å². The second kappa shape index (κ2) is 5.75. The molecular formula is C14H20N4O2. The van der Waals surface area contributed by atoms with Crippen LogP contribution in [-0.2, 0) is 11.3 Å². The Balaban J connectivity index is 1.53. The minimum absolute atomic E-state index is 0.0450. The zero-order chi connectivity index (χ0) is 13.9. The molecule has 0 bridgehead atoms. The van der Waals surface area contributed by atoms with E-state index in [1.165, 1.54) is 12.8 Å². The van der Waals surface area contributed by atoms with Crippen molar-refractivity contribution in [2.45, 2.75) is 38.5 Å². The van der Waals surface area contributed by atoms with E-state index in [-0.39, 0.29) is 18.2 Å². The van der Waals surface area contributed by atoms with Gasteiger partial charge in [0, 0.05) is 19.3 Å². The van der Waals surface area contributed by atoms with Crippen LogP contribution in [0.4, 0.5) is 4.79 Å². The molecule has 0 unspecified atom stereocenters. The van der Waals surface area contributed by atoms with Crippen LogP contribution < -0.4 is 5.32 Å². The second-order valence-corrected chi connectivity index (χ2v) is 5.60. The van der Waals surface area contributed by atoms with Crippen LogP contribution >= 0.6 is 0 Å². The number of hydrogen-bond donors (Lipinski definition) is 1. The fourth-order valence-corrected chi connectivity index (χ4v) is 2.59. The first kappa shape index (κ1) is 13.3. The molecule has 0 radical (unpaired) electrons. The van der Waals surface area contributed by atoms with Crippen molar-refractivity contribution in [3.05, 3.63) is 24.0 Å². The van der Waals surface area contributed by atoms with Crippen molar-refractivity contribution in [2.75, 3.05) is 13.1 Å². The Hall–Kier alpha value is -1.69. The van der Waals surface area contributed by atoms with Gasteiger partial charge in [-0.25, -0.2) is 4.79 Å². The van der Waals surface area contributed by atoms with E-state index in [0.717, 1.165) is 5.69 Å². The lowest BCUT2D eigenvalue weighted by Crippen LogP contribution is -2.52. The molecule has 2 amide bonds. The Kier molecular flexibility index (Phi) is 3.82. The summed E-state index contributed by atoms with van der Waals surface area (Å²) in [6, 6.07) is 3.62. The van der Waals surface area contributed by atoms with E-state index >= 15 is 0 Å². The van der Waals surface area contributed by atoms with Gasteiger partial charge in [-0.15, -0.1) is 0 Å². The number of nitrogens with one attached hydrogen (secondary N) is 1. The molecule has 1 aliphatic heterocycles. The summed E-state index contributed by atoms with van der Waals surface area (Å²) in [7, 11) is 0. The lowest BCUT2D eigenvalue weighted by Gasteiger charge is -2.37. The molecule has 1 saturated heterocycles. The van der Waals surface area contributed by atoms with Gasteiger partial charge >= 0.3 is 6.03 Å². The molecular weight excluding hydrogens is 256 g/mol. The molecule has 1 aromatic heterocycles. The molecule has 3 rings (SSSR count). The van der Waals surface area contributed by atoms with Crippen molar-refractivity contribution in [2.24, 2.45) is 5.92 Å². The molecule has 6 nitrogen and oxygen atoms in total. The minimum Gasteiger partial charge on any atom is -0.371 e. The summed E-state index contributed by atoms with van der Waals surface area (Å²) in [6.45, 7) is 3.78. The Morgan fingerprint density at radius 1 is 1.50 bits per heavy atom. The molecule has 108 valence electrons. The van der Waals surface area contributed by atoms with Crippen LogP contribution in [0, 0.1) is 5.92 Å². The van der Waals surface area contributed by atoms with Gasteiger partial charge in [-0.2, -0.15) is 10.2 Å². The van der Waals surface area contributed by atoms with Crippen molar-refractivity contribution in [1.29, 1.82) is 0 Å². The van der Waals surface area contributed by atoms with Gasteiger partial charge in [0.2, 0.25) is 0 Å². The number of nitrogens with zero attached hydrogens (tertiary/aromatic N) is 3. The first-order chi connectivity index (χ1) is 9.72. The highest BCUT2D eigenvalue weighted by atomic mass is 16.5. The molecule has 20 heavy (non-hydrogen) atoms. The van der Waals surface area contributed by atoms with E-state index in [1.807, 2.05) is 24.0 Å². The molecule has 1 saturated carbocycles. The fraction of sp³-hybridized carbons (Fsp3) is 0.643. The summed E-state index contributed by atoms with van der Waals surface area (Å²) in [6.07, 6.45) is 4.39. The quantitative estimate of drug-likeness (QED) is 0.900. The van der Waals surface area contributed by atoms with E-state index in [4.69, 9.17) is 4.74 Å². The van der Waals surface area contributed by atoms with Gasteiger partial charge in [-0.3, -0.25) is 0 Å². The lowest BCUT2D eigenvalue weighted by molar-refractivity contribution is -0.0731. The van der Waals surface area contributed by atoms with Gasteiger partial charge in [0.1, 0.15) is 0 Å². The van der Waals surface area contributed by atoms with Crippen LogP contribution in [0.2, 0.25) is 0 Å². The maximum Gasteiger partial charge on any atom is 0.317 e. The summed E-state index contributed by atoms with van der Waals surface area (Å²) in [5.41, 5.74) is 0.765. The van der Waals surface area contributed by atoms with E-state index < -0.39 is 0 Å². The van der Waals surface area contributed by atoms with Crippen molar-refractivity contribution >= 4 is 6.03 Å². The average Bonchev–Trinajstić information content (AvgIpc) is 3.30. The highest BCUT2D eigenvalue weighted by Crippen LogP contribution is 2.36. The predicted octanol–water partition coefficient (Wildman–Crippen LogP) is 1.19. The SMILES string of the molecule is C[C@H]1CN(C(=O)NCc2cccnn2)C[C@H](C2CC2)O1. The minimum atomic E-state index is -0.0450. The first-order valence-corrected chi connectivity index (χ1v) is 7.17. The van der Waals surface area contributed by atoms with Crippen molar-refractivity contribution in [3.63, 3.8) is 0 Å². The van der Waals surface area contributed by atoms with E-state index in [2.05, 4.69) is 15.5 Å². The van der Waals surface area contributed by atoms with Crippen LogP contribution in [0.15, 0.2) is 18.3 Å². The number of urea groups is 1. The van der Waals surface area contributed by atoms with E-state index in [9.17, 15) is 4.79 Å². The molecule has 0 spiro atoms. The number of rotatable bonds is 3. The Morgan fingerprint density at radius 2 is 2.35 bits per heavy atom. The summed E-state index contributed by atoms with van der Waals surface area (Å²) in [5.74, 6) is 0.646. The van der Waals surface area contributed by atoms with Gasteiger partial charge in [0.05, 0.1) is 24.4 Å². The van der Waals surface area contributed by atoms with Crippen molar-refractivity contribution < 1.29 is 9.53 Å². The molecule has 2 heterocycles. The average molecular weight is 276 g/mol. The predicted molar refractivity (Wildman–Crippen MR) is 72.9 cm³/mol. The maximum absolute atomic E-state index is 12.2. The Labute approximate surface area is 118 Å². The third-order valence-corrected chi connectivity index (χ3v) is 3.77. The van der Waals surface area contributed by atoms with E-state index in [1.54, 1.807) is 6.20 Å². The van der Waals surface area contributed by atoms with Crippen LogP contribution in [0.25, 0.3) is 0 Å². The number of hydrogen-bond acceptors (Lipinski definition) is 4.